The van der Waals surface area contributed by atoms with Crippen molar-refractivity contribution in [2.75, 3.05) is 5.73 Å². The Kier molecular flexibility index (Phi) is 3.63. The first-order valence-electron chi connectivity index (χ1n) is 7.62. The Balaban J connectivity index is 2.22. The van der Waals surface area contributed by atoms with Gasteiger partial charge in [-0.25, -0.2) is 9.59 Å². The monoisotopic (exact) mass is 386 g/mol. The summed E-state index contributed by atoms with van der Waals surface area (Å²) in [6.45, 7) is 0. The average molecular weight is 387 g/mol. The highest BCUT2D eigenvalue weighted by Gasteiger charge is 2.23. The minimum absolute atomic E-state index is 0.0174. The van der Waals surface area contributed by atoms with Crippen molar-refractivity contribution >= 4 is 28.5 Å². The van der Waals surface area contributed by atoms with E-state index in [0.717, 1.165) is 0 Å². The van der Waals surface area contributed by atoms with Gasteiger partial charge in [-0.2, -0.15) is 0 Å². The van der Waals surface area contributed by atoms with Crippen molar-refractivity contribution in [1.82, 2.24) is 24.9 Å². The number of aromatic nitrogens is 5. The van der Waals surface area contributed by atoms with E-state index in [-0.39, 0.29) is 28.0 Å². The van der Waals surface area contributed by atoms with E-state index >= 15 is 0 Å². The molecule has 0 bridgehead atoms. The number of anilines is 1. The largest absolute Gasteiger partial charge is 0.384 e. The van der Waals surface area contributed by atoms with Crippen molar-refractivity contribution in [2.45, 2.75) is 0 Å². The second-order valence-electron chi connectivity index (χ2n) is 5.74. The molecule has 27 heavy (non-hydrogen) atoms. The number of hydrogen-bond acceptors (Lipinski definition) is 5. The normalized spacial score (nSPS) is 11.1. The topological polar surface area (TPSA) is 173 Å². The molecule has 0 aliphatic rings. The van der Waals surface area contributed by atoms with E-state index < -0.39 is 22.5 Å². The van der Waals surface area contributed by atoms with Crippen LogP contribution in [0.2, 0.25) is 5.02 Å². The number of benzene rings is 1. The van der Waals surface area contributed by atoms with Gasteiger partial charge >= 0.3 is 11.4 Å². The Morgan fingerprint density at radius 1 is 0.741 bits per heavy atom. The number of fused-ring (bicyclic) bond motifs is 1. The standard InChI is InChI=1S/C16H11ClN6O4/c17-6-3-1-5(2-4-6)10-7(8-11(18)20-15(26)22-13(8)24)9-12(19-10)21-16(27)23-14(9)25/h1-4H,(H4,18,20,22,24,26)(H3,19,21,23,25,27). The van der Waals surface area contributed by atoms with Crippen LogP contribution in [0.3, 0.4) is 0 Å². The smallest absolute Gasteiger partial charge is 0.327 e. The molecule has 7 N–H and O–H groups in total. The van der Waals surface area contributed by atoms with Gasteiger partial charge in [0.2, 0.25) is 0 Å². The predicted molar refractivity (Wildman–Crippen MR) is 101 cm³/mol. The molecule has 0 radical (unpaired) electrons. The van der Waals surface area contributed by atoms with Crippen LogP contribution in [-0.4, -0.2) is 24.9 Å². The van der Waals surface area contributed by atoms with E-state index in [2.05, 4.69) is 24.9 Å². The van der Waals surface area contributed by atoms with Crippen molar-refractivity contribution < 1.29 is 0 Å². The van der Waals surface area contributed by atoms with Crippen LogP contribution in [0, 0.1) is 0 Å². The zero-order valence-corrected chi connectivity index (χ0v) is 14.2. The molecule has 1 aromatic carbocycles. The van der Waals surface area contributed by atoms with Gasteiger partial charge in [0.05, 0.1) is 16.6 Å². The van der Waals surface area contributed by atoms with Crippen molar-refractivity contribution in [3.05, 3.63) is 71.0 Å². The Hall–Kier alpha value is -3.79. The number of halogens is 1. The molecule has 0 saturated heterocycles. The lowest BCUT2D eigenvalue weighted by Gasteiger charge is -2.07. The molecule has 0 amide bonds. The van der Waals surface area contributed by atoms with Crippen LogP contribution < -0.4 is 28.2 Å². The molecule has 11 heteroatoms. The summed E-state index contributed by atoms with van der Waals surface area (Å²) in [5.74, 6) is -0.217. The molecule has 136 valence electrons. The van der Waals surface area contributed by atoms with Crippen LogP contribution in [0.15, 0.2) is 43.4 Å². The van der Waals surface area contributed by atoms with Gasteiger partial charge in [-0.3, -0.25) is 29.5 Å². The molecular formula is C16H11ClN6O4. The van der Waals surface area contributed by atoms with Crippen LogP contribution >= 0.6 is 11.6 Å². The Morgan fingerprint density at radius 3 is 2.04 bits per heavy atom. The fraction of sp³-hybridized carbons (Fsp3) is 0. The highest BCUT2D eigenvalue weighted by Crippen LogP contribution is 2.36. The van der Waals surface area contributed by atoms with Gasteiger partial charge < -0.3 is 10.7 Å². The zero-order chi connectivity index (χ0) is 19.3. The maximum Gasteiger partial charge on any atom is 0.327 e. The molecule has 3 aromatic heterocycles. The molecule has 0 spiro atoms. The number of nitrogens with two attached hydrogens (primary N) is 1. The first kappa shape index (κ1) is 16.7. The molecule has 0 aliphatic heterocycles. The van der Waals surface area contributed by atoms with Crippen molar-refractivity contribution in [3.8, 4) is 22.4 Å². The molecule has 4 rings (SSSR count). The number of rotatable bonds is 2. The van der Waals surface area contributed by atoms with E-state index in [9.17, 15) is 19.2 Å². The van der Waals surface area contributed by atoms with Crippen molar-refractivity contribution in [1.29, 1.82) is 0 Å². The van der Waals surface area contributed by atoms with Crippen LogP contribution in [0.25, 0.3) is 33.4 Å². The SMILES string of the molecule is Nc1[nH]c(=O)[nH]c(=O)c1-c1c(-c2ccc(Cl)cc2)[nH]c2[nH]c(=O)[nH]c(=O)c12. The molecule has 0 fully saturated rings. The summed E-state index contributed by atoms with van der Waals surface area (Å²) in [6, 6.07) is 6.58. The van der Waals surface area contributed by atoms with Gasteiger partial charge in [0.25, 0.3) is 11.1 Å². The number of H-pyrrole nitrogens is 5. The third-order valence-electron chi connectivity index (χ3n) is 4.05. The molecule has 4 aromatic rings. The third-order valence-corrected chi connectivity index (χ3v) is 4.30. The minimum Gasteiger partial charge on any atom is -0.384 e. The summed E-state index contributed by atoms with van der Waals surface area (Å²) in [5.41, 5.74) is 3.93. The molecule has 10 nitrogen and oxygen atoms in total. The number of aromatic amines is 5. The van der Waals surface area contributed by atoms with Gasteiger partial charge in [-0.05, 0) is 17.7 Å². The lowest BCUT2D eigenvalue weighted by atomic mass is 10.0. The van der Waals surface area contributed by atoms with Crippen LogP contribution in [0.1, 0.15) is 0 Å². The highest BCUT2D eigenvalue weighted by atomic mass is 35.5. The van der Waals surface area contributed by atoms with Gasteiger partial charge in [0.15, 0.2) is 0 Å². The summed E-state index contributed by atoms with van der Waals surface area (Å²) in [4.78, 5) is 59.9. The van der Waals surface area contributed by atoms with E-state index in [4.69, 9.17) is 17.3 Å². The fourth-order valence-electron chi connectivity index (χ4n) is 2.97. The van der Waals surface area contributed by atoms with E-state index in [1.165, 1.54) is 0 Å². The van der Waals surface area contributed by atoms with Crippen LogP contribution in [-0.2, 0) is 0 Å². The molecular weight excluding hydrogens is 376 g/mol. The zero-order valence-electron chi connectivity index (χ0n) is 13.4. The van der Waals surface area contributed by atoms with Gasteiger partial charge in [0, 0.05) is 10.6 Å². The quantitative estimate of drug-likeness (QED) is 0.293. The lowest BCUT2D eigenvalue weighted by molar-refractivity contribution is 1.05. The van der Waals surface area contributed by atoms with Gasteiger partial charge in [0.1, 0.15) is 11.5 Å². The van der Waals surface area contributed by atoms with Crippen molar-refractivity contribution in [3.63, 3.8) is 0 Å². The van der Waals surface area contributed by atoms with Crippen LogP contribution in [0.5, 0.6) is 0 Å². The first-order chi connectivity index (χ1) is 12.8. The number of nitrogen functional groups attached to an aromatic ring is 1. The minimum atomic E-state index is -0.781. The van der Waals surface area contributed by atoms with Crippen molar-refractivity contribution in [2.24, 2.45) is 0 Å². The van der Waals surface area contributed by atoms with Gasteiger partial charge in [-0.15, -0.1) is 0 Å². The molecule has 0 unspecified atom stereocenters. The van der Waals surface area contributed by atoms with Gasteiger partial charge in [-0.1, -0.05) is 23.7 Å². The predicted octanol–water partition coefficient (Wildman–Crippen LogP) is 0.491. The second-order valence-corrected chi connectivity index (χ2v) is 6.17. The Bertz CT molecular complexity index is 1420. The Morgan fingerprint density at radius 2 is 1.37 bits per heavy atom. The third kappa shape index (κ3) is 2.68. The average Bonchev–Trinajstić information content (AvgIpc) is 2.94. The second kappa shape index (κ2) is 5.88. The molecule has 0 aliphatic carbocycles. The van der Waals surface area contributed by atoms with Crippen LogP contribution in [0.4, 0.5) is 5.82 Å². The lowest BCUT2D eigenvalue weighted by Crippen LogP contribution is -2.26. The first-order valence-corrected chi connectivity index (χ1v) is 7.99. The maximum absolute atomic E-state index is 12.4. The molecule has 0 saturated carbocycles. The van der Waals surface area contributed by atoms with E-state index in [1.54, 1.807) is 24.3 Å². The number of hydrogen-bond donors (Lipinski definition) is 6. The van der Waals surface area contributed by atoms with E-state index in [1.807, 2.05) is 0 Å². The highest BCUT2D eigenvalue weighted by molar-refractivity contribution is 6.30. The number of nitrogens with one attached hydrogen (secondary N) is 5. The Labute approximate surface area is 153 Å². The van der Waals surface area contributed by atoms with E-state index in [0.29, 0.717) is 16.3 Å². The summed E-state index contributed by atoms with van der Waals surface area (Å²) < 4.78 is 0. The molecule has 3 heterocycles. The fourth-order valence-corrected chi connectivity index (χ4v) is 3.09. The molecule has 0 atom stereocenters. The summed E-state index contributed by atoms with van der Waals surface area (Å²) in [5, 5.41) is 0.507. The summed E-state index contributed by atoms with van der Waals surface area (Å²) >= 11 is 5.92. The summed E-state index contributed by atoms with van der Waals surface area (Å²) in [7, 11) is 0. The maximum atomic E-state index is 12.4. The summed E-state index contributed by atoms with van der Waals surface area (Å²) in [6.07, 6.45) is 0.